The largest absolute Gasteiger partial charge is 0.465 e. The summed E-state index contributed by atoms with van der Waals surface area (Å²) in [6.07, 6.45) is 3.31. The van der Waals surface area contributed by atoms with E-state index in [2.05, 4.69) is 5.32 Å². The summed E-state index contributed by atoms with van der Waals surface area (Å²) in [5.41, 5.74) is 7.09. The van der Waals surface area contributed by atoms with Gasteiger partial charge in [0.1, 0.15) is 0 Å². The molecule has 5 nitrogen and oxygen atoms in total. The van der Waals surface area contributed by atoms with E-state index in [9.17, 15) is 9.59 Å². The second kappa shape index (κ2) is 7.34. The number of nitrogens with two attached hydrogens (primary N) is 1. The minimum atomic E-state index is -0.482. The van der Waals surface area contributed by atoms with Crippen LogP contribution in [0.15, 0.2) is 30.3 Å². The maximum Gasteiger partial charge on any atom is 0.315 e. The molecule has 1 aromatic rings. The lowest BCUT2D eigenvalue weighted by Gasteiger charge is -2.27. The summed E-state index contributed by atoms with van der Waals surface area (Å²) in [5.74, 6) is -0.0167. The van der Waals surface area contributed by atoms with Crippen molar-refractivity contribution in [2.75, 3.05) is 13.2 Å². The lowest BCUT2D eigenvalue weighted by molar-refractivity contribution is -0.145. The van der Waals surface area contributed by atoms with E-state index in [1.165, 1.54) is 0 Å². The van der Waals surface area contributed by atoms with Crippen molar-refractivity contribution in [1.29, 1.82) is 0 Å². The lowest BCUT2D eigenvalue weighted by Crippen LogP contribution is -2.46. The predicted octanol–water partition coefficient (Wildman–Crippen LogP) is 1.82. The van der Waals surface area contributed by atoms with Gasteiger partial charge in [0.15, 0.2) is 0 Å². The minimum absolute atomic E-state index is 0.0140. The molecule has 1 amide bonds. The molecule has 2 fully saturated rings. The second-order valence-corrected chi connectivity index (χ2v) is 6.90. The molecule has 0 spiro atoms. The molecule has 2 aliphatic rings. The number of carbonyl (C=O) groups is 2. The van der Waals surface area contributed by atoms with Gasteiger partial charge >= 0.3 is 5.97 Å². The van der Waals surface area contributed by atoms with E-state index in [0.29, 0.717) is 18.4 Å². The Morgan fingerprint density at radius 3 is 2.58 bits per heavy atom. The van der Waals surface area contributed by atoms with E-state index in [1.54, 1.807) is 6.92 Å². The third-order valence-electron chi connectivity index (χ3n) is 5.54. The molecule has 0 aliphatic heterocycles. The molecule has 2 bridgehead atoms. The number of fused-ring (bicyclic) bond motifs is 2. The molecule has 130 valence electrons. The summed E-state index contributed by atoms with van der Waals surface area (Å²) < 4.78 is 5.17. The van der Waals surface area contributed by atoms with Crippen molar-refractivity contribution in [2.24, 2.45) is 23.5 Å². The smallest absolute Gasteiger partial charge is 0.315 e. The van der Waals surface area contributed by atoms with E-state index in [-0.39, 0.29) is 30.4 Å². The zero-order valence-corrected chi connectivity index (χ0v) is 14.1. The fraction of sp³-hybridized carbons (Fsp3) is 0.579. The first-order chi connectivity index (χ1) is 11.6. The number of esters is 1. The Morgan fingerprint density at radius 2 is 1.96 bits per heavy atom. The molecule has 5 heteroatoms. The van der Waals surface area contributed by atoms with E-state index in [0.717, 1.165) is 24.8 Å². The first kappa shape index (κ1) is 17.0. The molecule has 0 saturated heterocycles. The minimum Gasteiger partial charge on any atom is -0.465 e. The number of amides is 1. The highest BCUT2D eigenvalue weighted by molar-refractivity contribution is 5.83. The number of hydrogen-bond acceptors (Lipinski definition) is 4. The van der Waals surface area contributed by atoms with Gasteiger partial charge in [-0.3, -0.25) is 9.59 Å². The molecule has 0 radical (unpaired) electrons. The average molecular weight is 330 g/mol. The first-order valence-corrected chi connectivity index (χ1v) is 8.86. The molecule has 0 aromatic heterocycles. The molecule has 0 heterocycles. The van der Waals surface area contributed by atoms with Gasteiger partial charge in [0.05, 0.1) is 18.4 Å². The van der Waals surface area contributed by atoms with Gasteiger partial charge in [0, 0.05) is 12.6 Å². The van der Waals surface area contributed by atoms with Gasteiger partial charge in [0.2, 0.25) is 5.91 Å². The summed E-state index contributed by atoms with van der Waals surface area (Å²) in [5, 5.41) is 2.96. The monoisotopic (exact) mass is 330 g/mol. The molecule has 2 aliphatic carbocycles. The maximum absolute atomic E-state index is 12.6. The standard InChI is InChI=1S/C19H26N2O3/c1-2-24-19(23)15(12-6-4-3-5-7-12)11-21-18(22)16-13-8-9-14(10-13)17(16)20/h3-7,13-17H,2,8-11,20H2,1H3,(H,21,22). The normalized spacial score (nSPS) is 29.2. The van der Waals surface area contributed by atoms with E-state index in [4.69, 9.17) is 10.5 Å². The van der Waals surface area contributed by atoms with Crippen LogP contribution in [0.1, 0.15) is 37.7 Å². The van der Waals surface area contributed by atoms with Gasteiger partial charge < -0.3 is 15.8 Å². The molecular formula is C19H26N2O3. The second-order valence-electron chi connectivity index (χ2n) is 6.90. The van der Waals surface area contributed by atoms with Crippen LogP contribution in [0.2, 0.25) is 0 Å². The quantitative estimate of drug-likeness (QED) is 0.780. The van der Waals surface area contributed by atoms with E-state index < -0.39 is 5.92 Å². The molecular weight excluding hydrogens is 304 g/mol. The summed E-state index contributed by atoms with van der Waals surface area (Å²) >= 11 is 0. The van der Waals surface area contributed by atoms with Crippen molar-refractivity contribution in [3.05, 3.63) is 35.9 Å². The molecule has 3 rings (SSSR count). The Kier molecular flexibility index (Phi) is 5.19. The maximum atomic E-state index is 12.6. The van der Waals surface area contributed by atoms with Crippen molar-refractivity contribution in [1.82, 2.24) is 5.32 Å². The molecule has 5 unspecified atom stereocenters. The zero-order chi connectivity index (χ0) is 17.1. The summed E-state index contributed by atoms with van der Waals surface area (Å²) in [7, 11) is 0. The van der Waals surface area contributed by atoms with Crippen molar-refractivity contribution in [3.63, 3.8) is 0 Å². The summed E-state index contributed by atoms with van der Waals surface area (Å²) in [4.78, 5) is 24.9. The van der Waals surface area contributed by atoms with Crippen LogP contribution in [-0.2, 0) is 14.3 Å². The van der Waals surface area contributed by atoms with Gasteiger partial charge in [-0.05, 0) is 43.6 Å². The third-order valence-corrected chi connectivity index (χ3v) is 5.54. The zero-order valence-electron chi connectivity index (χ0n) is 14.1. The van der Waals surface area contributed by atoms with E-state index in [1.807, 2.05) is 30.3 Å². The van der Waals surface area contributed by atoms with Crippen molar-refractivity contribution in [3.8, 4) is 0 Å². The summed E-state index contributed by atoms with van der Waals surface area (Å²) in [6, 6.07) is 9.40. The van der Waals surface area contributed by atoms with Crippen LogP contribution in [0.4, 0.5) is 0 Å². The Bertz CT molecular complexity index is 588. The molecule has 24 heavy (non-hydrogen) atoms. The molecule has 1 aromatic carbocycles. The van der Waals surface area contributed by atoms with Crippen LogP contribution in [-0.4, -0.2) is 31.1 Å². The number of hydrogen-bond donors (Lipinski definition) is 2. The molecule has 3 N–H and O–H groups in total. The number of ether oxygens (including phenoxy) is 1. The van der Waals surface area contributed by atoms with Gasteiger partial charge in [-0.1, -0.05) is 30.3 Å². The van der Waals surface area contributed by atoms with Crippen LogP contribution in [0.5, 0.6) is 0 Å². The summed E-state index contributed by atoms with van der Waals surface area (Å²) in [6.45, 7) is 2.36. The Balaban J connectivity index is 1.65. The molecule has 2 saturated carbocycles. The highest BCUT2D eigenvalue weighted by Gasteiger charge is 2.49. The third kappa shape index (κ3) is 3.31. The SMILES string of the molecule is CCOC(=O)C(CNC(=O)C1C2CCC(C2)C1N)c1ccccc1. The van der Waals surface area contributed by atoms with Crippen LogP contribution < -0.4 is 11.1 Å². The Hall–Kier alpha value is -1.88. The average Bonchev–Trinajstić information content (AvgIpc) is 3.17. The first-order valence-electron chi connectivity index (χ1n) is 8.86. The Morgan fingerprint density at radius 1 is 1.25 bits per heavy atom. The van der Waals surface area contributed by atoms with Crippen LogP contribution >= 0.6 is 0 Å². The van der Waals surface area contributed by atoms with Crippen molar-refractivity contribution < 1.29 is 14.3 Å². The van der Waals surface area contributed by atoms with Gasteiger partial charge in [-0.15, -0.1) is 0 Å². The fourth-order valence-electron chi connectivity index (χ4n) is 4.31. The van der Waals surface area contributed by atoms with Crippen molar-refractivity contribution in [2.45, 2.75) is 38.1 Å². The highest BCUT2D eigenvalue weighted by Crippen LogP contribution is 2.47. The van der Waals surface area contributed by atoms with E-state index >= 15 is 0 Å². The van der Waals surface area contributed by atoms with Gasteiger partial charge in [-0.25, -0.2) is 0 Å². The predicted molar refractivity (Wildman–Crippen MR) is 91.1 cm³/mol. The van der Waals surface area contributed by atoms with Crippen LogP contribution in [0.3, 0.4) is 0 Å². The lowest BCUT2D eigenvalue weighted by atomic mass is 9.84. The Labute approximate surface area is 142 Å². The van der Waals surface area contributed by atoms with Crippen molar-refractivity contribution >= 4 is 11.9 Å². The number of rotatable bonds is 6. The fourth-order valence-corrected chi connectivity index (χ4v) is 4.31. The topological polar surface area (TPSA) is 81.4 Å². The van der Waals surface area contributed by atoms with Crippen LogP contribution in [0, 0.1) is 17.8 Å². The van der Waals surface area contributed by atoms with Crippen LogP contribution in [0.25, 0.3) is 0 Å². The van der Waals surface area contributed by atoms with Gasteiger partial charge in [-0.2, -0.15) is 0 Å². The number of carbonyl (C=O) groups excluding carboxylic acids is 2. The van der Waals surface area contributed by atoms with Gasteiger partial charge in [0.25, 0.3) is 0 Å². The highest BCUT2D eigenvalue weighted by atomic mass is 16.5. The molecule has 5 atom stereocenters. The number of nitrogens with one attached hydrogen (secondary N) is 1. The number of benzene rings is 1.